The van der Waals surface area contributed by atoms with Crippen LogP contribution in [-0.2, 0) is 13.5 Å². The molecule has 2 aromatic rings. The molecule has 6 heteroatoms. The summed E-state index contributed by atoms with van der Waals surface area (Å²) in [5, 5.41) is 15.7. The lowest BCUT2D eigenvalue weighted by Crippen LogP contribution is -2.43. The molecule has 0 spiro atoms. The molecule has 0 saturated carbocycles. The van der Waals surface area contributed by atoms with E-state index in [1.165, 1.54) is 16.8 Å². The number of aliphatic imine (C=N–C) groups is 1. The highest BCUT2D eigenvalue weighted by atomic mass is 32.1. The molecule has 0 aliphatic heterocycles. The summed E-state index contributed by atoms with van der Waals surface area (Å²) in [6.07, 6.45) is 0.940. The maximum Gasteiger partial charge on any atom is 0.191 e. The Morgan fingerprint density at radius 2 is 2.12 bits per heavy atom. The van der Waals surface area contributed by atoms with E-state index in [4.69, 9.17) is 4.99 Å². The fourth-order valence-electron chi connectivity index (χ4n) is 2.91. The van der Waals surface area contributed by atoms with Crippen LogP contribution in [-0.4, -0.2) is 34.9 Å². The van der Waals surface area contributed by atoms with Crippen LogP contribution in [0.4, 0.5) is 0 Å². The van der Waals surface area contributed by atoms with Gasteiger partial charge in [0.1, 0.15) is 0 Å². The zero-order chi connectivity index (χ0) is 18.4. The zero-order valence-corrected chi connectivity index (χ0v) is 17.1. The lowest BCUT2D eigenvalue weighted by Gasteiger charge is -2.19. The van der Waals surface area contributed by atoms with Crippen LogP contribution in [0, 0.1) is 13.8 Å². The molecular formula is C19H31N5S. The predicted octanol–water partition coefficient (Wildman–Crippen LogP) is 3.39. The number of aryl methyl sites for hydroxylation is 2. The SMILES string of the molecule is CCNC(=NCC(C)c1ccsc1)NC(C)Cc1c(C)nn(C)c1C. The first-order valence-corrected chi connectivity index (χ1v) is 9.92. The normalized spacial score (nSPS) is 14.4. The third kappa shape index (κ3) is 5.33. The average molecular weight is 362 g/mol. The summed E-state index contributed by atoms with van der Waals surface area (Å²) >= 11 is 1.74. The van der Waals surface area contributed by atoms with Crippen LogP contribution in [0.1, 0.15) is 49.2 Å². The Morgan fingerprint density at radius 1 is 1.36 bits per heavy atom. The number of hydrogen-bond donors (Lipinski definition) is 2. The Balaban J connectivity index is 1.98. The van der Waals surface area contributed by atoms with E-state index in [2.05, 4.69) is 67.2 Å². The quantitative estimate of drug-likeness (QED) is 0.587. The van der Waals surface area contributed by atoms with Crippen LogP contribution < -0.4 is 10.6 Å². The van der Waals surface area contributed by atoms with Crippen molar-refractivity contribution in [2.24, 2.45) is 12.0 Å². The van der Waals surface area contributed by atoms with Gasteiger partial charge in [-0.15, -0.1) is 0 Å². The number of nitrogens with one attached hydrogen (secondary N) is 2. The molecule has 2 N–H and O–H groups in total. The van der Waals surface area contributed by atoms with Crippen molar-refractivity contribution in [1.29, 1.82) is 0 Å². The maximum absolute atomic E-state index is 4.78. The monoisotopic (exact) mass is 361 g/mol. The van der Waals surface area contributed by atoms with Crippen molar-refractivity contribution in [1.82, 2.24) is 20.4 Å². The minimum atomic E-state index is 0.288. The van der Waals surface area contributed by atoms with Gasteiger partial charge in [0.15, 0.2) is 5.96 Å². The third-order valence-corrected chi connectivity index (χ3v) is 5.23. The van der Waals surface area contributed by atoms with Crippen molar-refractivity contribution in [3.63, 3.8) is 0 Å². The second-order valence-electron chi connectivity index (χ2n) is 6.70. The van der Waals surface area contributed by atoms with Crippen molar-refractivity contribution < 1.29 is 0 Å². The van der Waals surface area contributed by atoms with Crippen LogP contribution in [0.2, 0.25) is 0 Å². The molecule has 5 nitrogen and oxygen atoms in total. The van der Waals surface area contributed by atoms with Crippen LogP contribution in [0.25, 0.3) is 0 Å². The van der Waals surface area contributed by atoms with Crippen molar-refractivity contribution in [2.75, 3.05) is 13.1 Å². The molecule has 2 atom stereocenters. The van der Waals surface area contributed by atoms with E-state index in [1.54, 1.807) is 11.3 Å². The fourth-order valence-corrected chi connectivity index (χ4v) is 3.69. The van der Waals surface area contributed by atoms with E-state index in [0.29, 0.717) is 5.92 Å². The highest BCUT2D eigenvalue weighted by Crippen LogP contribution is 2.18. The van der Waals surface area contributed by atoms with E-state index >= 15 is 0 Å². The summed E-state index contributed by atoms with van der Waals surface area (Å²) in [5.74, 6) is 1.32. The number of guanidine groups is 1. The van der Waals surface area contributed by atoms with Gasteiger partial charge in [0.2, 0.25) is 0 Å². The van der Waals surface area contributed by atoms with Gasteiger partial charge in [0.05, 0.1) is 5.69 Å². The number of nitrogens with zero attached hydrogens (tertiary/aromatic N) is 3. The summed E-state index contributed by atoms with van der Waals surface area (Å²) in [6.45, 7) is 12.4. The number of hydrogen-bond acceptors (Lipinski definition) is 3. The number of aromatic nitrogens is 2. The smallest absolute Gasteiger partial charge is 0.191 e. The van der Waals surface area contributed by atoms with Crippen LogP contribution >= 0.6 is 11.3 Å². The first kappa shape index (κ1) is 19.5. The van der Waals surface area contributed by atoms with E-state index in [9.17, 15) is 0 Å². The van der Waals surface area contributed by atoms with Crippen molar-refractivity contribution >= 4 is 17.3 Å². The molecule has 2 aromatic heterocycles. The second-order valence-corrected chi connectivity index (χ2v) is 7.48. The molecule has 0 bridgehead atoms. The summed E-state index contributed by atoms with van der Waals surface area (Å²) < 4.78 is 1.96. The summed E-state index contributed by atoms with van der Waals surface area (Å²) in [4.78, 5) is 4.78. The molecule has 0 aromatic carbocycles. The molecule has 0 aliphatic rings. The maximum atomic E-state index is 4.78. The molecule has 0 saturated heterocycles. The Morgan fingerprint density at radius 3 is 2.68 bits per heavy atom. The van der Waals surface area contributed by atoms with Gasteiger partial charge < -0.3 is 10.6 Å². The lowest BCUT2D eigenvalue weighted by atomic mass is 10.1. The Bertz CT molecular complexity index is 687. The van der Waals surface area contributed by atoms with E-state index in [0.717, 1.165) is 31.2 Å². The molecule has 138 valence electrons. The van der Waals surface area contributed by atoms with Crippen molar-refractivity contribution in [2.45, 2.75) is 53.0 Å². The topological polar surface area (TPSA) is 54.2 Å². The van der Waals surface area contributed by atoms with Gasteiger partial charge in [0.25, 0.3) is 0 Å². The largest absolute Gasteiger partial charge is 0.357 e. The molecule has 0 radical (unpaired) electrons. The summed E-state index contributed by atoms with van der Waals surface area (Å²) in [7, 11) is 2.00. The standard InChI is InChI=1S/C19H31N5S/c1-7-20-19(21-11-13(2)17-8-9-25-12-17)22-14(3)10-18-15(4)23-24(6)16(18)5/h8-9,12-14H,7,10-11H2,1-6H3,(H2,20,21,22). The van der Waals surface area contributed by atoms with Gasteiger partial charge in [-0.1, -0.05) is 6.92 Å². The molecule has 0 fully saturated rings. The van der Waals surface area contributed by atoms with Gasteiger partial charge in [-0.05, 0) is 62.1 Å². The summed E-state index contributed by atoms with van der Waals surface area (Å²) in [5.41, 5.74) is 5.03. The average Bonchev–Trinajstić information content (AvgIpc) is 3.18. The molecule has 2 rings (SSSR count). The van der Waals surface area contributed by atoms with E-state index < -0.39 is 0 Å². The Hall–Kier alpha value is -1.82. The van der Waals surface area contributed by atoms with Crippen molar-refractivity contribution in [3.05, 3.63) is 39.3 Å². The molecule has 0 aliphatic carbocycles. The highest BCUT2D eigenvalue weighted by Gasteiger charge is 2.14. The molecule has 0 amide bonds. The van der Waals surface area contributed by atoms with Gasteiger partial charge in [-0.3, -0.25) is 9.67 Å². The zero-order valence-electron chi connectivity index (χ0n) is 16.3. The minimum Gasteiger partial charge on any atom is -0.357 e. The number of thiophene rings is 1. The first-order valence-electron chi connectivity index (χ1n) is 8.98. The third-order valence-electron chi connectivity index (χ3n) is 4.53. The van der Waals surface area contributed by atoms with Gasteiger partial charge in [-0.25, -0.2) is 0 Å². The van der Waals surface area contributed by atoms with Crippen LogP contribution in [0.5, 0.6) is 0 Å². The van der Waals surface area contributed by atoms with Crippen molar-refractivity contribution in [3.8, 4) is 0 Å². The summed E-state index contributed by atoms with van der Waals surface area (Å²) in [6, 6.07) is 2.47. The van der Waals surface area contributed by atoms with Gasteiger partial charge in [-0.2, -0.15) is 16.4 Å². The highest BCUT2D eigenvalue weighted by molar-refractivity contribution is 7.07. The van der Waals surface area contributed by atoms with E-state index in [1.807, 2.05) is 11.7 Å². The molecular weight excluding hydrogens is 330 g/mol. The molecule has 25 heavy (non-hydrogen) atoms. The Labute approximate surface area is 155 Å². The molecule has 2 unspecified atom stereocenters. The second kappa shape index (κ2) is 9.04. The first-order chi connectivity index (χ1) is 11.9. The van der Waals surface area contributed by atoms with Gasteiger partial charge in [0, 0.05) is 37.8 Å². The minimum absolute atomic E-state index is 0.288. The predicted molar refractivity (Wildman–Crippen MR) is 108 cm³/mol. The van der Waals surface area contributed by atoms with Crippen LogP contribution in [0.15, 0.2) is 21.8 Å². The van der Waals surface area contributed by atoms with Gasteiger partial charge >= 0.3 is 0 Å². The fraction of sp³-hybridized carbons (Fsp3) is 0.579. The van der Waals surface area contributed by atoms with Crippen LogP contribution in [0.3, 0.4) is 0 Å². The van der Waals surface area contributed by atoms with E-state index in [-0.39, 0.29) is 6.04 Å². The number of rotatable bonds is 7. The molecule has 2 heterocycles. The Kier molecular flexibility index (Phi) is 7.05. The lowest BCUT2D eigenvalue weighted by molar-refractivity contribution is 0.632.